The highest BCUT2D eigenvalue weighted by molar-refractivity contribution is 6.00. The Labute approximate surface area is 113 Å². The Morgan fingerprint density at radius 2 is 2.11 bits per heavy atom. The van der Waals surface area contributed by atoms with E-state index in [1.54, 1.807) is 13.8 Å². The van der Waals surface area contributed by atoms with E-state index in [1.807, 2.05) is 4.90 Å². The standard InChI is InChI=1S/C13H22N2O4/c1-3-19-12(17)7-5-4-6-8-15-9-11(16)14-13(18)10(15)2/h10H,3-9H2,1-2H3,(H,14,16,18). The summed E-state index contributed by atoms with van der Waals surface area (Å²) in [4.78, 5) is 35.7. The summed E-state index contributed by atoms with van der Waals surface area (Å²) >= 11 is 0. The van der Waals surface area contributed by atoms with E-state index >= 15 is 0 Å². The lowest BCUT2D eigenvalue weighted by molar-refractivity contribution is -0.143. The molecule has 6 heteroatoms. The molecule has 0 aromatic carbocycles. The zero-order chi connectivity index (χ0) is 14.3. The van der Waals surface area contributed by atoms with Crippen LogP contribution in [0.15, 0.2) is 0 Å². The van der Waals surface area contributed by atoms with E-state index in [4.69, 9.17) is 4.74 Å². The van der Waals surface area contributed by atoms with E-state index in [0.717, 1.165) is 19.3 Å². The number of nitrogens with one attached hydrogen (secondary N) is 1. The molecule has 1 atom stereocenters. The van der Waals surface area contributed by atoms with Gasteiger partial charge in [-0.25, -0.2) is 0 Å². The van der Waals surface area contributed by atoms with Crippen LogP contribution in [0.5, 0.6) is 0 Å². The molecule has 1 aliphatic rings. The van der Waals surface area contributed by atoms with E-state index in [2.05, 4.69) is 5.32 Å². The van der Waals surface area contributed by atoms with Crippen LogP contribution >= 0.6 is 0 Å². The molecule has 1 unspecified atom stereocenters. The average molecular weight is 270 g/mol. The maximum absolute atomic E-state index is 11.4. The van der Waals surface area contributed by atoms with Gasteiger partial charge < -0.3 is 4.74 Å². The number of unbranched alkanes of at least 4 members (excludes halogenated alkanes) is 2. The second-order valence-electron chi connectivity index (χ2n) is 4.67. The van der Waals surface area contributed by atoms with E-state index < -0.39 is 0 Å². The SMILES string of the molecule is CCOC(=O)CCCCCN1CC(=O)NC(=O)C1C. The third kappa shape index (κ3) is 5.38. The molecule has 0 aromatic heterocycles. The minimum absolute atomic E-state index is 0.164. The van der Waals surface area contributed by atoms with E-state index in [1.165, 1.54) is 0 Å². The smallest absolute Gasteiger partial charge is 0.305 e. The van der Waals surface area contributed by atoms with Crippen molar-refractivity contribution in [1.29, 1.82) is 0 Å². The van der Waals surface area contributed by atoms with Crippen LogP contribution < -0.4 is 5.32 Å². The van der Waals surface area contributed by atoms with Crippen molar-refractivity contribution in [3.05, 3.63) is 0 Å². The summed E-state index contributed by atoms with van der Waals surface area (Å²) in [6.07, 6.45) is 2.96. The van der Waals surface area contributed by atoms with Crippen LogP contribution in [0.3, 0.4) is 0 Å². The Morgan fingerprint density at radius 1 is 1.37 bits per heavy atom. The fourth-order valence-electron chi connectivity index (χ4n) is 2.04. The number of ether oxygens (including phenoxy) is 1. The van der Waals surface area contributed by atoms with Crippen LogP contribution in [0.2, 0.25) is 0 Å². The summed E-state index contributed by atoms with van der Waals surface area (Å²) in [5.74, 6) is -0.638. The van der Waals surface area contributed by atoms with Crippen LogP contribution in [0, 0.1) is 0 Å². The van der Waals surface area contributed by atoms with Gasteiger partial charge in [0.1, 0.15) is 0 Å². The first-order valence-corrected chi connectivity index (χ1v) is 6.78. The summed E-state index contributed by atoms with van der Waals surface area (Å²) in [6, 6.07) is -0.261. The molecule has 0 saturated carbocycles. The van der Waals surface area contributed by atoms with Gasteiger partial charge in [0, 0.05) is 6.42 Å². The first-order chi connectivity index (χ1) is 9.04. The van der Waals surface area contributed by atoms with Crippen LogP contribution in [-0.4, -0.2) is 48.4 Å². The number of hydrogen-bond acceptors (Lipinski definition) is 5. The van der Waals surface area contributed by atoms with Gasteiger partial charge in [-0.15, -0.1) is 0 Å². The van der Waals surface area contributed by atoms with Crippen molar-refractivity contribution < 1.29 is 19.1 Å². The summed E-state index contributed by atoms with van der Waals surface area (Å²) in [5.41, 5.74) is 0. The van der Waals surface area contributed by atoms with Crippen molar-refractivity contribution in [2.75, 3.05) is 19.7 Å². The van der Waals surface area contributed by atoms with Gasteiger partial charge in [0.2, 0.25) is 11.8 Å². The van der Waals surface area contributed by atoms with Gasteiger partial charge in [-0.1, -0.05) is 6.42 Å². The third-order valence-corrected chi connectivity index (χ3v) is 3.17. The summed E-state index contributed by atoms with van der Waals surface area (Å²) in [6.45, 7) is 4.97. The number of amides is 2. The molecule has 1 N–H and O–H groups in total. The van der Waals surface area contributed by atoms with Gasteiger partial charge in [-0.2, -0.15) is 0 Å². The van der Waals surface area contributed by atoms with E-state index in [9.17, 15) is 14.4 Å². The Kier molecular flexibility index (Phi) is 6.49. The summed E-state index contributed by atoms with van der Waals surface area (Å²) in [5, 5.41) is 2.31. The topological polar surface area (TPSA) is 75.7 Å². The van der Waals surface area contributed by atoms with Crippen LogP contribution in [0.1, 0.15) is 39.5 Å². The monoisotopic (exact) mass is 270 g/mol. The van der Waals surface area contributed by atoms with Gasteiger partial charge >= 0.3 is 5.97 Å². The highest BCUT2D eigenvalue weighted by Crippen LogP contribution is 2.08. The lowest BCUT2D eigenvalue weighted by atomic mass is 10.1. The number of imide groups is 1. The molecule has 1 rings (SSSR count). The zero-order valence-corrected chi connectivity index (χ0v) is 11.6. The zero-order valence-electron chi connectivity index (χ0n) is 11.6. The number of rotatable bonds is 7. The minimum Gasteiger partial charge on any atom is -0.466 e. The van der Waals surface area contributed by atoms with Crippen molar-refractivity contribution in [3.63, 3.8) is 0 Å². The normalized spacial score (nSPS) is 20.2. The maximum Gasteiger partial charge on any atom is 0.305 e. The van der Waals surface area contributed by atoms with Gasteiger partial charge in [0.15, 0.2) is 0 Å². The second kappa shape index (κ2) is 7.89. The molecule has 1 heterocycles. The van der Waals surface area contributed by atoms with E-state index in [0.29, 0.717) is 19.6 Å². The molecule has 108 valence electrons. The summed E-state index contributed by atoms with van der Waals surface area (Å²) in [7, 11) is 0. The maximum atomic E-state index is 11.4. The van der Waals surface area contributed by atoms with Crippen molar-refractivity contribution in [2.24, 2.45) is 0 Å². The Hall–Kier alpha value is -1.43. The van der Waals surface area contributed by atoms with E-state index in [-0.39, 0.29) is 30.4 Å². The minimum atomic E-state index is -0.261. The quantitative estimate of drug-likeness (QED) is 0.413. The van der Waals surface area contributed by atoms with Crippen molar-refractivity contribution >= 4 is 17.8 Å². The number of esters is 1. The molecule has 0 bridgehead atoms. The highest BCUT2D eigenvalue weighted by atomic mass is 16.5. The van der Waals surface area contributed by atoms with Gasteiger partial charge in [0.05, 0.1) is 19.2 Å². The average Bonchev–Trinajstić information content (AvgIpc) is 2.34. The van der Waals surface area contributed by atoms with Crippen molar-refractivity contribution in [3.8, 4) is 0 Å². The Bertz CT molecular complexity index is 344. The predicted molar refractivity (Wildman–Crippen MR) is 69.3 cm³/mol. The van der Waals surface area contributed by atoms with Crippen LogP contribution in [0.4, 0.5) is 0 Å². The lowest BCUT2D eigenvalue weighted by Crippen LogP contribution is -2.56. The molecular formula is C13H22N2O4. The molecule has 0 radical (unpaired) electrons. The number of hydrogen-bond donors (Lipinski definition) is 1. The lowest BCUT2D eigenvalue weighted by Gasteiger charge is -2.31. The fraction of sp³-hybridized carbons (Fsp3) is 0.769. The highest BCUT2D eigenvalue weighted by Gasteiger charge is 2.29. The fourth-order valence-corrected chi connectivity index (χ4v) is 2.04. The molecule has 0 aliphatic carbocycles. The Balaban J connectivity index is 2.16. The van der Waals surface area contributed by atoms with Gasteiger partial charge in [-0.05, 0) is 33.2 Å². The molecule has 1 fully saturated rings. The molecule has 19 heavy (non-hydrogen) atoms. The molecule has 0 aromatic rings. The number of carbonyl (C=O) groups excluding carboxylic acids is 3. The molecule has 1 aliphatic heterocycles. The number of nitrogens with zero attached hydrogens (tertiary/aromatic N) is 1. The van der Waals surface area contributed by atoms with Crippen LogP contribution in [0.25, 0.3) is 0 Å². The van der Waals surface area contributed by atoms with Gasteiger partial charge in [0.25, 0.3) is 0 Å². The first-order valence-electron chi connectivity index (χ1n) is 6.78. The van der Waals surface area contributed by atoms with Crippen molar-refractivity contribution in [1.82, 2.24) is 10.2 Å². The predicted octanol–water partition coefficient (Wildman–Crippen LogP) is 0.457. The molecule has 2 amide bonds. The van der Waals surface area contributed by atoms with Crippen molar-refractivity contribution in [2.45, 2.75) is 45.6 Å². The Morgan fingerprint density at radius 3 is 2.79 bits per heavy atom. The molecular weight excluding hydrogens is 248 g/mol. The molecule has 1 saturated heterocycles. The molecule has 6 nitrogen and oxygen atoms in total. The second-order valence-corrected chi connectivity index (χ2v) is 4.67. The third-order valence-electron chi connectivity index (χ3n) is 3.17. The number of piperazine rings is 1. The molecule has 0 spiro atoms. The van der Waals surface area contributed by atoms with Crippen LogP contribution in [-0.2, 0) is 19.1 Å². The number of carbonyl (C=O) groups is 3. The van der Waals surface area contributed by atoms with Gasteiger partial charge in [-0.3, -0.25) is 24.6 Å². The largest absolute Gasteiger partial charge is 0.466 e. The first kappa shape index (κ1) is 15.6. The summed E-state index contributed by atoms with van der Waals surface area (Å²) < 4.78 is 4.84.